The molecule has 0 spiro atoms. The van der Waals surface area contributed by atoms with Crippen molar-refractivity contribution in [1.82, 2.24) is 4.90 Å². The highest BCUT2D eigenvalue weighted by atomic mass is 35.5. The minimum absolute atomic E-state index is 0. The number of likely N-dealkylation sites (N-methyl/N-ethyl adjacent to an activating group) is 1. The second-order valence-electron chi connectivity index (χ2n) is 4.48. The lowest BCUT2D eigenvalue weighted by atomic mass is 10.1. The van der Waals surface area contributed by atoms with Gasteiger partial charge in [-0.3, -0.25) is 0 Å². The average Bonchev–Trinajstić information content (AvgIpc) is 2.38. The van der Waals surface area contributed by atoms with Gasteiger partial charge in [0.1, 0.15) is 11.3 Å². The Hall–Kier alpha value is -1.46. The third-order valence-corrected chi connectivity index (χ3v) is 3.28. The van der Waals surface area contributed by atoms with Gasteiger partial charge < -0.3 is 19.6 Å². The van der Waals surface area contributed by atoms with E-state index in [2.05, 4.69) is 16.8 Å². The molecular weight excluding hydrogens is 268 g/mol. The number of anilines is 1. The number of ether oxygens (including phenoxy) is 1. The molecule has 1 aliphatic rings. The van der Waals surface area contributed by atoms with E-state index >= 15 is 0 Å². The van der Waals surface area contributed by atoms with Crippen molar-refractivity contribution >= 4 is 24.1 Å². The maximum Gasteiger partial charge on any atom is 0.339 e. The highest BCUT2D eigenvalue weighted by molar-refractivity contribution is 5.91. The summed E-state index contributed by atoms with van der Waals surface area (Å²) in [5, 5.41) is 9.03. The first-order valence-corrected chi connectivity index (χ1v) is 5.96. The maximum atomic E-state index is 11.0. The number of methoxy groups -OCH3 is 1. The van der Waals surface area contributed by atoms with E-state index in [-0.39, 0.29) is 18.0 Å². The van der Waals surface area contributed by atoms with E-state index in [1.807, 2.05) is 6.07 Å². The highest BCUT2D eigenvalue weighted by Gasteiger charge is 2.17. The summed E-state index contributed by atoms with van der Waals surface area (Å²) in [7, 11) is 3.60. The second kappa shape index (κ2) is 6.63. The van der Waals surface area contributed by atoms with Gasteiger partial charge in [0.15, 0.2) is 0 Å². The lowest BCUT2D eigenvalue weighted by molar-refractivity contribution is 0.0693. The molecule has 0 radical (unpaired) electrons. The van der Waals surface area contributed by atoms with Crippen LogP contribution in [0.2, 0.25) is 0 Å². The Balaban J connectivity index is 0.00000180. The predicted molar refractivity (Wildman–Crippen MR) is 76.9 cm³/mol. The van der Waals surface area contributed by atoms with E-state index < -0.39 is 5.97 Å². The van der Waals surface area contributed by atoms with Crippen molar-refractivity contribution in [3.63, 3.8) is 0 Å². The fraction of sp³-hybridized carbons (Fsp3) is 0.462. The van der Waals surface area contributed by atoms with Crippen LogP contribution in [0.5, 0.6) is 5.75 Å². The molecular formula is C13H19ClN2O3. The number of halogens is 1. The van der Waals surface area contributed by atoms with Crippen molar-refractivity contribution in [2.24, 2.45) is 0 Å². The summed E-state index contributed by atoms with van der Waals surface area (Å²) in [6.07, 6.45) is 0. The van der Waals surface area contributed by atoms with Gasteiger partial charge in [-0.25, -0.2) is 4.79 Å². The van der Waals surface area contributed by atoms with Gasteiger partial charge in [0.2, 0.25) is 0 Å². The zero-order chi connectivity index (χ0) is 13.1. The van der Waals surface area contributed by atoms with Crippen LogP contribution in [0.4, 0.5) is 5.69 Å². The summed E-state index contributed by atoms with van der Waals surface area (Å²) in [4.78, 5) is 15.5. The molecule has 0 bridgehead atoms. The van der Waals surface area contributed by atoms with E-state index in [0.717, 1.165) is 31.9 Å². The van der Waals surface area contributed by atoms with Crippen LogP contribution >= 0.6 is 12.4 Å². The normalized spacial score (nSPS) is 15.8. The van der Waals surface area contributed by atoms with Crippen LogP contribution < -0.4 is 9.64 Å². The van der Waals surface area contributed by atoms with Crippen LogP contribution in [0.1, 0.15) is 10.4 Å². The number of piperazine rings is 1. The maximum absolute atomic E-state index is 11.0. The first-order chi connectivity index (χ1) is 8.61. The summed E-state index contributed by atoms with van der Waals surface area (Å²) in [6.45, 7) is 3.93. The second-order valence-corrected chi connectivity index (χ2v) is 4.48. The number of carboxylic acid groups (broad SMARTS) is 1. The average molecular weight is 287 g/mol. The van der Waals surface area contributed by atoms with Gasteiger partial charge in [-0.2, -0.15) is 0 Å². The van der Waals surface area contributed by atoms with Crippen molar-refractivity contribution in [3.8, 4) is 5.75 Å². The molecule has 0 aliphatic carbocycles. The van der Waals surface area contributed by atoms with Gasteiger partial charge in [-0.05, 0) is 19.2 Å². The standard InChI is InChI=1S/C13H18N2O3.ClH/c1-14-5-7-15(8-6-14)10-3-4-11(13(16)17)12(9-10)18-2;/h3-4,9H,5-8H2,1-2H3,(H,16,17);1H. The van der Waals surface area contributed by atoms with Crippen LogP contribution in [0.15, 0.2) is 18.2 Å². The van der Waals surface area contributed by atoms with Crippen molar-refractivity contribution in [2.75, 3.05) is 45.2 Å². The summed E-state index contributed by atoms with van der Waals surface area (Å²) >= 11 is 0. The summed E-state index contributed by atoms with van der Waals surface area (Å²) < 4.78 is 5.14. The van der Waals surface area contributed by atoms with Crippen molar-refractivity contribution in [2.45, 2.75) is 0 Å². The van der Waals surface area contributed by atoms with Crippen LogP contribution in [-0.2, 0) is 0 Å². The fourth-order valence-corrected chi connectivity index (χ4v) is 2.12. The molecule has 0 saturated carbocycles. The number of carboxylic acids is 1. The smallest absolute Gasteiger partial charge is 0.339 e. The summed E-state index contributed by atoms with van der Waals surface area (Å²) in [6, 6.07) is 5.25. The van der Waals surface area contributed by atoms with Gasteiger partial charge in [0.05, 0.1) is 7.11 Å². The number of benzene rings is 1. The van der Waals surface area contributed by atoms with Crippen LogP contribution in [0.25, 0.3) is 0 Å². The van der Waals surface area contributed by atoms with Gasteiger partial charge >= 0.3 is 5.97 Å². The quantitative estimate of drug-likeness (QED) is 0.914. The minimum atomic E-state index is -0.961. The number of rotatable bonds is 3. The first kappa shape index (κ1) is 15.6. The van der Waals surface area contributed by atoms with Gasteiger partial charge in [0, 0.05) is 37.9 Å². The van der Waals surface area contributed by atoms with Crippen molar-refractivity contribution < 1.29 is 14.6 Å². The Morgan fingerprint density at radius 1 is 1.26 bits per heavy atom. The van der Waals surface area contributed by atoms with E-state index in [1.165, 1.54) is 7.11 Å². The number of carbonyl (C=O) groups is 1. The number of hydrogen-bond donors (Lipinski definition) is 1. The van der Waals surface area contributed by atoms with Crippen LogP contribution in [0.3, 0.4) is 0 Å². The molecule has 0 amide bonds. The Labute approximate surface area is 119 Å². The molecule has 1 N–H and O–H groups in total. The molecule has 2 rings (SSSR count). The van der Waals surface area contributed by atoms with Crippen LogP contribution in [-0.4, -0.2) is 56.3 Å². The van der Waals surface area contributed by atoms with E-state index in [9.17, 15) is 4.79 Å². The monoisotopic (exact) mass is 286 g/mol. The zero-order valence-corrected chi connectivity index (χ0v) is 11.9. The lowest BCUT2D eigenvalue weighted by Crippen LogP contribution is -2.44. The topological polar surface area (TPSA) is 53.0 Å². The lowest BCUT2D eigenvalue weighted by Gasteiger charge is -2.34. The summed E-state index contributed by atoms with van der Waals surface area (Å²) in [5.74, 6) is -0.546. The molecule has 1 saturated heterocycles. The Morgan fingerprint density at radius 2 is 1.89 bits per heavy atom. The molecule has 1 aromatic carbocycles. The molecule has 19 heavy (non-hydrogen) atoms. The molecule has 106 valence electrons. The zero-order valence-electron chi connectivity index (χ0n) is 11.1. The Morgan fingerprint density at radius 3 is 2.42 bits per heavy atom. The van der Waals surface area contributed by atoms with Gasteiger partial charge in [0.25, 0.3) is 0 Å². The third-order valence-electron chi connectivity index (χ3n) is 3.28. The SMILES string of the molecule is COc1cc(N2CCN(C)CC2)ccc1C(=O)O.Cl. The van der Waals surface area contributed by atoms with E-state index in [4.69, 9.17) is 9.84 Å². The summed E-state index contributed by atoms with van der Waals surface area (Å²) in [5.41, 5.74) is 1.22. The number of hydrogen-bond acceptors (Lipinski definition) is 4. The molecule has 1 aliphatic heterocycles. The first-order valence-electron chi connectivity index (χ1n) is 5.96. The molecule has 1 fully saturated rings. The van der Waals surface area contributed by atoms with E-state index in [1.54, 1.807) is 12.1 Å². The van der Waals surface area contributed by atoms with Crippen molar-refractivity contribution in [3.05, 3.63) is 23.8 Å². The van der Waals surface area contributed by atoms with Gasteiger partial charge in [-0.1, -0.05) is 0 Å². The molecule has 0 unspecified atom stereocenters. The Bertz CT molecular complexity index is 446. The molecule has 1 aromatic rings. The molecule has 0 aromatic heterocycles. The van der Waals surface area contributed by atoms with Crippen molar-refractivity contribution in [1.29, 1.82) is 0 Å². The largest absolute Gasteiger partial charge is 0.496 e. The number of aromatic carboxylic acids is 1. The molecule has 6 heteroatoms. The molecule has 1 heterocycles. The Kier molecular flexibility index (Phi) is 5.44. The fourth-order valence-electron chi connectivity index (χ4n) is 2.12. The van der Waals surface area contributed by atoms with Crippen LogP contribution in [0, 0.1) is 0 Å². The van der Waals surface area contributed by atoms with E-state index in [0.29, 0.717) is 5.75 Å². The third kappa shape index (κ3) is 3.52. The van der Waals surface area contributed by atoms with Gasteiger partial charge in [-0.15, -0.1) is 12.4 Å². The molecule has 0 atom stereocenters. The highest BCUT2D eigenvalue weighted by Crippen LogP contribution is 2.26. The minimum Gasteiger partial charge on any atom is -0.496 e. The predicted octanol–water partition coefficient (Wildman–Crippen LogP) is 1.57. The number of nitrogens with zero attached hydrogens (tertiary/aromatic N) is 2. The molecule has 5 nitrogen and oxygen atoms in total.